The van der Waals surface area contributed by atoms with Crippen LogP contribution >= 0.6 is 11.3 Å². The first-order valence-corrected chi connectivity index (χ1v) is 8.71. The molecular weight excluding hydrogens is 338 g/mol. The molecule has 25 heavy (non-hydrogen) atoms. The van der Waals surface area contributed by atoms with E-state index in [0.29, 0.717) is 5.69 Å². The van der Waals surface area contributed by atoms with Gasteiger partial charge in [0.05, 0.1) is 10.2 Å². The van der Waals surface area contributed by atoms with E-state index in [9.17, 15) is 4.79 Å². The van der Waals surface area contributed by atoms with Crippen LogP contribution in [-0.4, -0.2) is 17.8 Å². The fourth-order valence-corrected chi connectivity index (χ4v) is 3.60. The standard InChI is InChI=1S/C18H19N3O3S/c1-3-21-15-10-9-14(11-16(15)25-17(21)20-23-2)19-18(22)24-12-13-7-5-4-6-8-13/h4-11H,3,12H2,1-2H3,(H,19,22)/b20-17+. The molecule has 3 aromatic rings. The summed E-state index contributed by atoms with van der Waals surface area (Å²) in [5, 5.41) is 6.80. The number of hydrogen-bond donors (Lipinski definition) is 1. The number of fused-ring (bicyclic) bond motifs is 1. The molecule has 0 aliphatic carbocycles. The van der Waals surface area contributed by atoms with Gasteiger partial charge in [0.1, 0.15) is 13.7 Å². The van der Waals surface area contributed by atoms with Gasteiger partial charge in [-0.05, 0) is 30.7 Å². The third kappa shape index (κ3) is 4.00. The lowest BCUT2D eigenvalue weighted by Gasteiger charge is -2.07. The normalized spacial score (nSPS) is 11.5. The Bertz CT molecular complexity index is 932. The Hall–Kier alpha value is -2.80. The van der Waals surface area contributed by atoms with Gasteiger partial charge in [0, 0.05) is 12.2 Å². The molecular formula is C18H19N3O3S. The van der Waals surface area contributed by atoms with E-state index < -0.39 is 6.09 Å². The van der Waals surface area contributed by atoms with Gasteiger partial charge < -0.3 is 14.1 Å². The van der Waals surface area contributed by atoms with Crippen LogP contribution in [0.1, 0.15) is 12.5 Å². The minimum Gasteiger partial charge on any atom is -0.444 e. The van der Waals surface area contributed by atoms with Crippen LogP contribution in [0.4, 0.5) is 10.5 Å². The van der Waals surface area contributed by atoms with Gasteiger partial charge in [-0.2, -0.15) is 0 Å². The number of rotatable bonds is 5. The highest BCUT2D eigenvalue weighted by atomic mass is 32.1. The van der Waals surface area contributed by atoms with Crippen LogP contribution in [0, 0.1) is 0 Å². The predicted molar refractivity (Wildman–Crippen MR) is 98.3 cm³/mol. The van der Waals surface area contributed by atoms with E-state index in [-0.39, 0.29) is 6.61 Å². The van der Waals surface area contributed by atoms with Gasteiger partial charge in [0.2, 0.25) is 4.80 Å². The molecule has 0 spiro atoms. The van der Waals surface area contributed by atoms with Gasteiger partial charge in [0.15, 0.2) is 0 Å². The zero-order valence-electron chi connectivity index (χ0n) is 14.1. The molecule has 0 fully saturated rings. The molecule has 1 heterocycles. The second-order valence-electron chi connectivity index (χ2n) is 5.27. The quantitative estimate of drug-likeness (QED) is 0.704. The maximum Gasteiger partial charge on any atom is 0.411 e. The van der Waals surface area contributed by atoms with Crippen molar-refractivity contribution < 1.29 is 14.4 Å². The Labute approximate surface area is 149 Å². The van der Waals surface area contributed by atoms with Gasteiger partial charge in [-0.3, -0.25) is 5.32 Å². The van der Waals surface area contributed by atoms with Crippen LogP contribution in [0.2, 0.25) is 0 Å². The number of carbonyl (C=O) groups is 1. The summed E-state index contributed by atoms with van der Waals surface area (Å²) < 4.78 is 8.31. The van der Waals surface area contributed by atoms with Gasteiger partial charge in [-0.15, -0.1) is 0 Å². The number of thiazole rings is 1. The molecule has 130 valence electrons. The van der Waals surface area contributed by atoms with Crippen LogP contribution in [0.3, 0.4) is 0 Å². The molecule has 0 aliphatic heterocycles. The zero-order chi connectivity index (χ0) is 17.6. The molecule has 0 aliphatic rings. The Morgan fingerprint density at radius 2 is 2.04 bits per heavy atom. The summed E-state index contributed by atoms with van der Waals surface area (Å²) >= 11 is 1.50. The number of hydrogen-bond acceptors (Lipinski definition) is 5. The molecule has 3 rings (SSSR count). The van der Waals surface area contributed by atoms with Crippen molar-refractivity contribution in [1.29, 1.82) is 0 Å². The van der Waals surface area contributed by atoms with Crippen LogP contribution in [0.5, 0.6) is 0 Å². The zero-order valence-corrected chi connectivity index (χ0v) is 14.9. The van der Waals surface area contributed by atoms with E-state index in [1.54, 1.807) is 0 Å². The van der Waals surface area contributed by atoms with E-state index in [2.05, 4.69) is 15.0 Å². The second-order valence-corrected chi connectivity index (χ2v) is 6.28. The number of nitrogens with zero attached hydrogens (tertiary/aromatic N) is 2. The maximum atomic E-state index is 12.0. The van der Waals surface area contributed by atoms with E-state index >= 15 is 0 Å². The highest BCUT2D eigenvalue weighted by molar-refractivity contribution is 7.16. The summed E-state index contributed by atoms with van der Waals surface area (Å²) in [6.45, 7) is 3.07. The topological polar surface area (TPSA) is 64.8 Å². The fraction of sp³-hybridized carbons (Fsp3) is 0.222. The summed E-state index contributed by atoms with van der Waals surface area (Å²) in [4.78, 5) is 17.7. The van der Waals surface area contributed by atoms with Crippen molar-refractivity contribution in [2.24, 2.45) is 5.16 Å². The number of amides is 1. The van der Waals surface area contributed by atoms with Crippen LogP contribution in [0.25, 0.3) is 10.2 Å². The summed E-state index contributed by atoms with van der Waals surface area (Å²) in [6.07, 6.45) is -0.482. The largest absolute Gasteiger partial charge is 0.444 e. The molecule has 0 saturated carbocycles. The number of ether oxygens (including phenoxy) is 1. The molecule has 1 amide bonds. The van der Waals surface area contributed by atoms with Gasteiger partial charge in [-0.25, -0.2) is 4.79 Å². The SMILES string of the molecule is CCn1/c(=N\OC)sc2cc(NC(=O)OCc3ccccc3)ccc21. The summed E-state index contributed by atoms with van der Waals surface area (Å²) in [5.41, 5.74) is 2.67. The third-order valence-electron chi connectivity index (χ3n) is 3.63. The Morgan fingerprint density at radius 3 is 2.76 bits per heavy atom. The van der Waals surface area contributed by atoms with E-state index in [0.717, 1.165) is 27.1 Å². The highest BCUT2D eigenvalue weighted by Gasteiger charge is 2.09. The Kier molecular flexibility index (Phi) is 5.35. The number of carbonyl (C=O) groups excluding carboxylic acids is 1. The molecule has 0 radical (unpaired) electrons. The lowest BCUT2D eigenvalue weighted by atomic mass is 10.2. The smallest absolute Gasteiger partial charge is 0.411 e. The maximum absolute atomic E-state index is 12.0. The highest BCUT2D eigenvalue weighted by Crippen LogP contribution is 2.22. The van der Waals surface area contributed by atoms with Crippen molar-refractivity contribution in [1.82, 2.24) is 4.57 Å². The molecule has 6 nitrogen and oxygen atoms in total. The number of anilines is 1. The van der Waals surface area contributed by atoms with Crippen LogP contribution in [0.15, 0.2) is 53.7 Å². The first kappa shape index (κ1) is 17.0. The van der Waals surface area contributed by atoms with Crippen LogP contribution in [-0.2, 0) is 22.7 Å². The third-order valence-corrected chi connectivity index (χ3v) is 4.65. The number of benzene rings is 2. The van der Waals surface area contributed by atoms with Gasteiger partial charge in [-0.1, -0.05) is 46.8 Å². The van der Waals surface area contributed by atoms with Crippen LogP contribution < -0.4 is 10.1 Å². The van der Waals surface area contributed by atoms with E-state index in [4.69, 9.17) is 9.57 Å². The monoisotopic (exact) mass is 357 g/mol. The first-order chi connectivity index (χ1) is 12.2. The van der Waals surface area contributed by atoms with E-state index in [1.165, 1.54) is 18.4 Å². The summed E-state index contributed by atoms with van der Waals surface area (Å²) in [5.74, 6) is 0. The van der Waals surface area contributed by atoms with Gasteiger partial charge >= 0.3 is 6.09 Å². The summed E-state index contributed by atoms with van der Waals surface area (Å²) in [7, 11) is 1.53. The molecule has 1 aromatic heterocycles. The lowest BCUT2D eigenvalue weighted by Crippen LogP contribution is -2.14. The molecule has 0 bridgehead atoms. The van der Waals surface area contributed by atoms with Crippen molar-refractivity contribution in [3.05, 3.63) is 58.9 Å². The first-order valence-electron chi connectivity index (χ1n) is 7.89. The second kappa shape index (κ2) is 7.85. The minimum absolute atomic E-state index is 0.237. The summed E-state index contributed by atoms with van der Waals surface area (Å²) in [6, 6.07) is 15.3. The Morgan fingerprint density at radius 1 is 1.24 bits per heavy atom. The van der Waals surface area contributed by atoms with Crippen molar-refractivity contribution >= 4 is 33.3 Å². The van der Waals surface area contributed by atoms with Crippen molar-refractivity contribution in [3.8, 4) is 0 Å². The number of aromatic nitrogens is 1. The Balaban J connectivity index is 1.73. The fourth-order valence-electron chi connectivity index (χ4n) is 2.48. The lowest BCUT2D eigenvalue weighted by molar-refractivity contribution is 0.155. The molecule has 0 atom stereocenters. The van der Waals surface area contributed by atoms with Crippen molar-refractivity contribution in [2.75, 3.05) is 12.4 Å². The average molecular weight is 357 g/mol. The molecule has 0 unspecified atom stereocenters. The van der Waals surface area contributed by atoms with Crippen molar-refractivity contribution in [3.63, 3.8) is 0 Å². The molecule has 1 N–H and O–H groups in total. The number of aryl methyl sites for hydroxylation is 1. The van der Waals surface area contributed by atoms with E-state index in [1.807, 2.05) is 55.5 Å². The molecule has 2 aromatic carbocycles. The predicted octanol–water partition coefficient (Wildman–Crippen LogP) is 3.93. The molecule has 0 saturated heterocycles. The number of nitrogens with one attached hydrogen (secondary N) is 1. The van der Waals surface area contributed by atoms with Crippen molar-refractivity contribution in [2.45, 2.75) is 20.1 Å². The minimum atomic E-state index is -0.482. The average Bonchev–Trinajstić information content (AvgIpc) is 2.97. The van der Waals surface area contributed by atoms with Gasteiger partial charge in [0.25, 0.3) is 0 Å². The molecule has 7 heteroatoms.